The first-order chi connectivity index (χ1) is 11.2. The predicted octanol–water partition coefficient (Wildman–Crippen LogP) is 4.15. The van der Waals surface area contributed by atoms with Crippen molar-refractivity contribution in [3.8, 4) is 5.75 Å². The molecule has 3 rings (SSSR count). The number of benzene rings is 1. The topological polar surface area (TPSA) is 38.5 Å². The maximum Gasteiger partial charge on any atom is 0.138 e. The first-order valence-electron chi connectivity index (χ1n) is 8.16. The summed E-state index contributed by atoms with van der Waals surface area (Å²) >= 11 is 0. The van der Waals surface area contributed by atoms with E-state index in [2.05, 4.69) is 34.3 Å². The number of likely N-dealkylation sites (tertiary alicyclic amines) is 1. The van der Waals surface area contributed by atoms with Crippen LogP contribution in [0.25, 0.3) is 6.08 Å². The van der Waals surface area contributed by atoms with Gasteiger partial charge in [-0.15, -0.1) is 0 Å². The van der Waals surface area contributed by atoms with Crippen molar-refractivity contribution in [3.05, 3.63) is 52.9 Å². The van der Waals surface area contributed by atoms with Crippen LogP contribution in [0.3, 0.4) is 0 Å². The molecule has 0 spiro atoms. The van der Waals surface area contributed by atoms with Gasteiger partial charge < -0.3 is 9.26 Å². The Morgan fingerprint density at radius 3 is 2.74 bits per heavy atom. The molecule has 23 heavy (non-hydrogen) atoms. The molecule has 1 aliphatic rings. The smallest absolute Gasteiger partial charge is 0.138 e. The van der Waals surface area contributed by atoms with E-state index in [4.69, 9.17) is 9.26 Å². The fraction of sp³-hybridized carbons (Fsp3) is 0.421. The Hall–Kier alpha value is -2.07. The molecule has 1 saturated heterocycles. The molecule has 0 bridgehead atoms. The number of aryl methyl sites for hydroxylation is 2. The van der Waals surface area contributed by atoms with E-state index in [0.717, 1.165) is 30.3 Å². The van der Waals surface area contributed by atoms with Gasteiger partial charge in [-0.2, -0.15) is 0 Å². The van der Waals surface area contributed by atoms with Crippen LogP contribution in [0.1, 0.15) is 41.5 Å². The molecule has 0 aliphatic carbocycles. The van der Waals surface area contributed by atoms with Crippen LogP contribution < -0.4 is 4.74 Å². The summed E-state index contributed by atoms with van der Waals surface area (Å²) in [5, 5.41) is 4.11. The lowest BCUT2D eigenvalue weighted by atomic mass is 10.0. The predicted molar refractivity (Wildman–Crippen MR) is 91.6 cm³/mol. The van der Waals surface area contributed by atoms with E-state index < -0.39 is 0 Å². The molecule has 2 heterocycles. The summed E-state index contributed by atoms with van der Waals surface area (Å²) < 4.78 is 10.5. The zero-order valence-corrected chi connectivity index (χ0v) is 14.1. The SMILES string of the molecule is COc1ccc(/C=C/CN2CCC[C@H]2c2c(C)noc2C)cc1. The van der Waals surface area contributed by atoms with Gasteiger partial charge in [0.25, 0.3) is 0 Å². The Labute approximate surface area is 137 Å². The van der Waals surface area contributed by atoms with Gasteiger partial charge in [0.1, 0.15) is 11.5 Å². The van der Waals surface area contributed by atoms with Crippen molar-refractivity contribution in [1.29, 1.82) is 0 Å². The Morgan fingerprint density at radius 1 is 1.30 bits per heavy atom. The fourth-order valence-corrected chi connectivity index (χ4v) is 3.38. The molecule has 4 nitrogen and oxygen atoms in total. The van der Waals surface area contributed by atoms with Crippen LogP contribution in [-0.4, -0.2) is 30.3 Å². The second kappa shape index (κ2) is 7.01. The molecular weight excluding hydrogens is 288 g/mol. The van der Waals surface area contributed by atoms with Crippen molar-refractivity contribution < 1.29 is 9.26 Å². The van der Waals surface area contributed by atoms with E-state index in [1.165, 1.54) is 24.0 Å². The van der Waals surface area contributed by atoms with Gasteiger partial charge in [0.15, 0.2) is 0 Å². The molecule has 2 aromatic rings. The van der Waals surface area contributed by atoms with Crippen LogP contribution in [0.2, 0.25) is 0 Å². The lowest BCUT2D eigenvalue weighted by Crippen LogP contribution is -2.24. The summed E-state index contributed by atoms with van der Waals surface area (Å²) in [4.78, 5) is 2.51. The Balaban J connectivity index is 1.66. The molecule has 122 valence electrons. The van der Waals surface area contributed by atoms with Crippen LogP contribution in [0, 0.1) is 13.8 Å². The Morgan fingerprint density at radius 2 is 2.09 bits per heavy atom. The third-order valence-corrected chi connectivity index (χ3v) is 4.55. The van der Waals surface area contributed by atoms with Crippen LogP contribution in [0.4, 0.5) is 0 Å². The lowest BCUT2D eigenvalue weighted by Gasteiger charge is -2.22. The van der Waals surface area contributed by atoms with E-state index in [1.54, 1.807) is 7.11 Å². The molecule has 1 aliphatic heterocycles. The number of hydrogen-bond donors (Lipinski definition) is 0. The molecule has 0 radical (unpaired) electrons. The Bertz CT molecular complexity index is 654. The summed E-state index contributed by atoms with van der Waals surface area (Å²) in [6, 6.07) is 8.56. The maximum atomic E-state index is 5.35. The Kier molecular flexibility index (Phi) is 4.82. The second-order valence-electron chi connectivity index (χ2n) is 6.07. The number of nitrogens with zero attached hydrogens (tertiary/aromatic N) is 2. The average molecular weight is 312 g/mol. The zero-order valence-electron chi connectivity index (χ0n) is 14.1. The summed E-state index contributed by atoms with van der Waals surface area (Å²) in [6.07, 6.45) is 6.81. The summed E-state index contributed by atoms with van der Waals surface area (Å²) in [6.45, 7) is 6.12. The molecule has 1 atom stereocenters. The highest BCUT2D eigenvalue weighted by molar-refractivity contribution is 5.50. The van der Waals surface area contributed by atoms with Crippen LogP contribution in [0.5, 0.6) is 5.75 Å². The molecular formula is C19H24N2O2. The van der Waals surface area contributed by atoms with Crippen LogP contribution in [0.15, 0.2) is 34.9 Å². The number of hydrogen-bond acceptors (Lipinski definition) is 4. The van der Waals surface area contributed by atoms with Gasteiger partial charge in [0.05, 0.1) is 12.8 Å². The van der Waals surface area contributed by atoms with Gasteiger partial charge in [-0.25, -0.2) is 0 Å². The van der Waals surface area contributed by atoms with E-state index in [9.17, 15) is 0 Å². The second-order valence-corrected chi connectivity index (χ2v) is 6.07. The molecule has 1 aromatic heterocycles. The van der Waals surface area contributed by atoms with Crippen molar-refractivity contribution in [3.63, 3.8) is 0 Å². The van der Waals surface area contributed by atoms with Gasteiger partial charge in [-0.05, 0) is 50.9 Å². The normalized spacial score (nSPS) is 18.8. The van der Waals surface area contributed by atoms with Crippen molar-refractivity contribution in [2.24, 2.45) is 0 Å². The highest BCUT2D eigenvalue weighted by Gasteiger charge is 2.29. The monoisotopic (exact) mass is 312 g/mol. The molecule has 0 amide bonds. The molecule has 1 aromatic carbocycles. The summed E-state index contributed by atoms with van der Waals surface area (Å²) in [7, 11) is 1.69. The third-order valence-electron chi connectivity index (χ3n) is 4.55. The fourth-order valence-electron chi connectivity index (χ4n) is 3.38. The minimum atomic E-state index is 0.432. The largest absolute Gasteiger partial charge is 0.497 e. The maximum absolute atomic E-state index is 5.35. The van der Waals surface area contributed by atoms with Crippen molar-refractivity contribution >= 4 is 6.08 Å². The zero-order chi connectivity index (χ0) is 16.2. The number of rotatable bonds is 5. The van der Waals surface area contributed by atoms with Crippen molar-refractivity contribution in [2.75, 3.05) is 20.2 Å². The molecule has 4 heteroatoms. The molecule has 0 saturated carbocycles. The van der Waals surface area contributed by atoms with Gasteiger partial charge in [-0.1, -0.05) is 29.4 Å². The van der Waals surface area contributed by atoms with Crippen molar-refractivity contribution in [1.82, 2.24) is 10.1 Å². The van der Waals surface area contributed by atoms with E-state index in [1.807, 2.05) is 26.0 Å². The van der Waals surface area contributed by atoms with E-state index in [0.29, 0.717) is 6.04 Å². The standard InChI is InChI=1S/C19H24N2O2/c1-14-19(15(2)23-20-14)18-7-5-13-21(18)12-4-6-16-8-10-17(22-3)11-9-16/h4,6,8-11,18H,5,7,12-13H2,1-3H3/b6-4+/t18-/m0/s1. The molecule has 0 unspecified atom stereocenters. The lowest BCUT2D eigenvalue weighted by molar-refractivity contribution is 0.282. The first-order valence-corrected chi connectivity index (χ1v) is 8.16. The van der Waals surface area contributed by atoms with E-state index in [-0.39, 0.29) is 0 Å². The minimum absolute atomic E-state index is 0.432. The molecule has 0 N–H and O–H groups in total. The number of aromatic nitrogens is 1. The highest BCUT2D eigenvalue weighted by atomic mass is 16.5. The van der Waals surface area contributed by atoms with Gasteiger partial charge in [0, 0.05) is 18.2 Å². The van der Waals surface area contributed by atoms with Gasteiger partial charge in [0.2, 0.25) is 0 Å². The summed E-state index contributed by atoms with van der Waals surface area (Å²) in [5.74, 6) is 1.85. The van der Waals surface area contributed by atoms with Crippen LogP contribution in [-0.2, 0) is 0 Å². The highest BCUT2D eigenvalue weighted by Crippen LogP contribution is 2.35. The number of ether oxygens (including phenoxy) is 1. The minimum Gasteiger partial charge on any atom is -0.497 e. The quantitative estimate of drug-likeness (QED) is 0.831. The summed E-state index contributed by atoms with van der Waals surface area (Å²) in [5.41, 5.74) is 3.50. The van der Waals surface area contributed by atoms with Crippen LogP contribution >= 0.6 is 0 Å². The van der Waals surface area contributed by atoms with Crippen molar-refractivity contribution in [2.45, 2.75) is 32.7 Å². The first kappa shape index (κ1) is 15.8. The molecule has 1 fully saturated rings. The average Bonchev–Trinajstić information content (AvgIpc) is 3.14. The van der Waals surface area contributed by atoms with Gasteiger partial charge in [-0.3, -0.25) is 4.90 Å². The third kappa shape index (κ3) is 3.48. The number of methoxy groups -OCH3 is 1. The van der Waals surface area contributed by atoms with E-state index >= 15 is 0 Å². The van der Waals surface area contributed by atoms with Gasteiger partial charge >= 0.3 is 0 Å².